The lowest BCUT2D eigenvalue weighted by Crippen LogP contribution is -2.28. The zero-order chi connectivity index (χ0) is 86.0. The third-order valence-corrected chi connectivity index (χ3v) is 29.5. The Labute approximate surface area is 754 Å². The fourth-order valence-electron chi connectivity index (χ4n) is 23.2. The van der Waals surface area contributed by atoms with E-state index in [0.717, 1.165) is 73.1 Å². The van der Waals surface area contributed by atoms with Crippen LogP contribution in [-0.4, -0.2) is 0 Å². The van der Waals surface area contributed by atoms with Crippen LogP contribution in [0, 0.1) is 0 Å². The molecule has 21 aromatic carbocycles. The van der Waals surface area contributed by atoms with E-state index >= 15 is 0 Å². The van der Waals surface area contributed by atoms with Gasteiger partial charge in [0, 0.05) is 50.1 Å². The summed E-state index contributed by atoms with van der Waals surface area (Å²) < 4.78 is 0. The molecule has 608 valence electrons. The Bertz CT molecular complexity index is 8210. The summed E-state index contributed by atoms with van der Waals surface area (Å²) in [6.07, 6.45) is 0. The minimum Gasteiger partial charge on any atom is -0.310 e. The van der Waals surface area contributed by atoms with Gasteiger partial charge in [-0.3, -0.25) is 0 Å². The predicted molar refractivity (Wildman–Crippen MR) is 543 cm³/mol. The fraction of sp³-hybridized carbons (Fsp3) is 0.0709. The van der Waals surface area contributed by atoms with Gasteiger partial charge >= 0.3 is 0 Å². The van der Waals surface area contributed by atoms with Crippen molar-refractivity contribution in [2.45, 2.75) is 56.3 Å². The quantitative estimate of drug-likeness (QED) is 0.107. The van der Waals surface area contributed by atoms with Gasteiger partial charge in [-0.15, -0.1) is 0 Å². The average molecular weight is 1640 g/mol. The Hall–Kier alpha value is -15.7. The van der Waals surface area contributed by atoms with Crippen molar-refractivity contribution in [3.63, 3.8) is 0 Å². The van der Waals surface area contributed by atoms with Crippen LogP contribution in [0.4, 0.5) is 34.1 Å². The summed E-state index contributed by atoms with van der Waals surface area (Å²) in [5.41, 5.74) is 40.9. The molecular formula is C127H90N2. The monoisotopic (exact) mass is 1640 g/mol. The molecule has 0 N–H and O–H groups in total. The smallest absolute Gasteiger partial charge is 0.0714 e. The van der Waals surface area contributed by atoms with Crippen LogP contribution in [0.1, 0.15) is 95.8 Å². The van der Waals surface area contributed by atoms with E-state index in [4.69, 9.17) is 0 Å². The molecule has 0 fully saturated rings. The number of hydrogen-bond donors (Lipinski definition) is 0. The maximum atomic E-state index is 2.57. The van der Waals surface area contributed by atoms with Crippen LogP contribution in [0.2, 0.25) is 0 Å². The van der Waals surface area contributed by atoms with Crippen molar-refractivity contribution in [1.82, 2.24) is 0 Å². The van der Waals surface area contributed by atoms with Crippen LogP contribution < -0.4 is 9.80 Å². The first kappa shape index (κ1) is 75.8. The van der Waals surface area contributed by atoms with Gasteiger partial charge in [-0.25, -0.2) is 0 Å². The summed E-state index contributed by atoms with van der Waals surface area (Å²) in [6.45, 7) is 12.0. The van der Waals surface area contributed by atoms with Gasteiger partial charge in [-0.2, -0.15) is 0 Å². The van der Waals surface area contributed by atoms with Crippen LogP contribution in [-0.2, 0) is 21.7 Å². The molecule has 0 heterocycles. The number of anilines is 6. The van der Waals surface area contributed by atoms with Crippen molar-refractivity contribution in [3.8, 4) is 100 Å². The predicted octanol–water partition coefficient (Wildman–Crippen LogP) is 33.9. The highest BCUT2D eigenvalue weighted by Gasteiger charge is 2.48. The molecule has 0 spiro atoms. The highest BCUT2D eigenvalue weighted by Crippen LogP contribution is 2.62. The van der Waals surface area contributed by atoms with Crippen LogP contribution in [0.15, 0.2) is 455 Å². The van der Waals surface area contributed by atoms with Crippen molar-refractivity contribution in [3.05, 3.63) is 516 Å². The molecule has 0 radical (unpaired) electrons. The Balaban J connectivity index is 0.621. The first-order valence-corrected chi connectivity index (χ1v) is 45.4. The molecule has 0 saturated carbocycles. The summed E-state index contributed by atoms with van der Waals surface area (Å²) in [5.74, 6) is 0. The third-order valence-electron chi connectivity index (χ3n) is 29.5. The maximum Gasteiger partial charge on any atom is 0.0714 e. The van der Waals surface area contributed by atoms with Crippen LogP contribution >= 0.6 is 0 Å². The molecule has 4 aliphatic rings. The Morgan fingerprint density at radius 1 is 0.163 bits per heavy atom. The summed E-state index contributed by atoms with van der Waals surface area (Å²) in [6, 6.07) is 173. The molecule has 2 atom stereocenters. The number of rotatable bonds is 14. The molecule has 2 unspecified atom stereocenters. The van der Waals surface area contributed by atoms with Crippen molar-refractivity contribution in [2.24, 2.45) is 0 Å². The van der Waals surface area contributed by atoms with E-state index in [9.17, 15) is 0 Å². The van der Waals surface area contributed by atoms with E-state index in [-0.39, 0.29) is 10.8 Å². The van der Waals surface area contributed by atoms with E-state index in [1.54, 1.807) is 0 Å². The SMILES string of the molecule is CC1(C)c2ccccc2-c2ccc(N(c3ccc4c(c3)C(C)(c3ccc5ccccc5c3)c3ccccc3-4)c3cccc(-c4ccc5cc(-c6ccc7ccc(C8(c9ccccc9)c9ccccc9-c9ccc(N(c%10ccc%11c(c%10)C(C)(C)c%10ccccc%10-%11)c%10cccc(-c%11ccc%12ccccc%12c%11)c%10-c%10ccccc%10)cc98)cc7c6)ccc5c4)c3-c3ccccc3)cc21. The van der Waals surface area contributed by atoms with Gasteiger partial charge in [-0.1, -0.05) is 386 Å². The summed E-state index contributed by atoms with van der Waals surface area (Å²) >= 11 is 0. The molecule has 0 aromatic heterocycles. The van der Waals surface area contributed by atoms with Crippen molar-refractivity contribution < 1.29 is 0 Å². The maximum absolute atomic E-state index is 2.57. The summed E-state index contributed by atoms with van der Waals surface area (Å²) in [5, 5.41) is 9.63. The summed E-state index contributed by atoms with van der Waals surface area (Å²) in [7, 11) is 0. The van der Waals surface area contributed by atoms with Crippen molar-refractivity contribution in [1.29, 1.82) is 0 Å². The van der Waals surface area contributed by atoms with Crippen LogP contribution in [0.3, 0.4) is 0 Å². The highest BCUT2D eigenvalue weighted by atomic mass is 15.2. The van der Waals surface area contributed by atoms with Gasteiger partial charge in [-0.05, 0) is 297 Å². The first-order valence-electron chi connectivity index (χ1n) is 45.4. The number of hydrogen-bond acceptors (Lipinski definition) is 2. The molecule has 25 rings (SSSR count). The van der Waals surface area contributed by atoms with E-state index in [0.29, 0.717) is 0 Å². The average Bonchev–Trinajstić information content (AvgIpc) is 1.55. The van der Waals surface area contributed by atoms with Crippen molar-refractivity contribution >= 4 is 77.2 Å². The second-order valence-electron chi connectivity index (χ2n) is 37.1. The summed E-state index contributed by atoms with van der Waals surface area (Å²) in [4.78, 5) is 5.14. The Morgan fingerprint density at radius 2 is 0.481 bits per heavy atom. The van der Waals surface area contributed by atoms with Crippen LogP contribution in [0.25, 0.3) is 143 Å². The lowest BCUT2D eigenvalue weighted by molar-refractivity contribution is 0.660. The topological polar surface area (TPSA) is 6.48 Å². The van der Waals surface area contributed by atoms with Gasteiger partial charge < -0.3 is 9.80 Å². The lowest BCUT2D eigenvalue weighted by Gasteiger charge is -2.35. The minimum absolute atomic E-state index is 0.226. The number of benzene rings is 21. The molecule has 0 aliphatic heterocycles. The molecular weight excluding hydrogens is 1550 g/mol. The van der Waals surface area contributed by atoms with Crippen LogP contribution in [0.5, 0.6) is 0 Å². The molecule has 0 saturated heterocycles. The number of fused-ring (bicyclic) bond motifs is 16. The standard InChI is InChI=1S/C127H90N2/c1-124(2)112-45-23-19-39-104(112)108-67-63-98(77-116(108)124)128(100-65-69-110-106-41-21-25-47-114(106)126(5,118(110)79-100)96-61-59-82-30-16-18-36-87(82)75-96)120-49-28-44-103(123(120)85-33-11-7-12-34-85)93-58-56-89-71-88(54-55-90(89)73-93)91-53-51-83-60-62-97(76-94(83)74-91)127(95-37-13-8-14-38-95)115-48-26-22-42-107(115)111-70-66-101(80-119(111)127)129(99-64-68-109-105-40-20-24-46-113(105)125(3,4)117(109)78-99)121-50-27-43-102(122(121)84-31-9-6-10-32-84)92-57-52-81-29-15-17-35-86(81)72-92/h6-80H,1-5H3. The second-order valence-corrected chi connectivity index (χ2v) is 37.1. The normalized spacial score (nSPS) is 15.5. The van der Waals surface area contributed by atoms with Gasteiger partial charge in [0.05, 0.1) is 16.8 Å². The molecule has 0 amide bonds. The first-order chi connectivity index (χ1) is 63.3. The van der Waals surface area contributed by atoms with Gasteiger partial charge in [0.25, 0.3) is 0 Å². The van der Waals surface area contributed by atoms with Gasteiger partial charge in [0.2, 0.25) is 0 Å². The molecule has 2 nitrogen and oxygen atoms in total. The van der Waals surface area contributed by atoms with E-state index in [1.807, 2.05) is 0 Å². The lowest BCUT2D eigenvalue weighted by atomic mass is 9.67. The van der Waals surface area contributed by atoms with Gasteiger partial charge in [0.15, 0.2) is 0 Å². The number of nitrogens with zero attached hydrogens (tertiary/aromatic N) is 2. The van der Waals surface area contributed by atoms with E-state index < -0.39 is 10.8 Å². The Kier molecular flexibility index (Phi) is 17.1. The third kappa shape index (κ3) is 11.7. The van der Waals surface area contributed by atoms with Gasteiger partial charge in [0.1, 0.15) is 0 Å². The molecule has 2 heteroatoms. The minimum atomic E-state index is -0.740. The largest absolute Gasteiger partial charge is 0.310 e. The van der Waals surface area contributed by atoms with Crippen molar-refractivity contribution in [2.75, 3.05) is 9.80 Å². The molecule has 4 aliphatic carbocycles. The molecule has 129 heavy (non-hydrogen) atoms. The highest BCUT2D eigenvalue weighted by molar-refractivity contribution is 6.05. The fourth-order valence-corrected chi connectivity index (χ4v) is 23.2. The zero-order valence-electron chi connectivity index (χ0n) is 72.7. The Morgan fingerprint density at radius 3 is 0.992 bits per heavy atom. The zero-order valence-corrected chi connectivity index (χ0v) is 72.7. The van der Waals surface area contributed by atoms with E-state index in [1.165, 1.54) is 165 Å². The molecule has 21 aromatic rings. The van der Waals surface area contributed by atoms with E-state index in [2.05, 4.69) is 499 Å². The second kappa shape index (κ2) is 29.2. The molecule has 0 bridgehead atoms.